The monoisotopic (exact) mass is 405 g/mol. The number of hydrogen-bond acceptors (Lipinski definition) is 4. The number of nitrogens with zero attached hydrogens (tertiary/aromatic N) is 2. The lowest BCUT2D eigenvalue weighted by Crippen LogP contribution is -2.34. The number of likely N-dealkylation sites (N-methyl/N-ethyl adjacent to an activating group) is 1. The molecule has 1 N–H and O–H groups in total. The molecule has 0 bridgehead atoms. The molecule has 1 unspecified atom stereocenters. The Kier molecular flexibility index (Phi) is 6.13. The molecule has 0 saturated carbocycles. The average Bonchev–Trinajstić information content (AvgIpc) is 3.25. The average molecular weight is 406 g/mol. The maximum absolute atomic E-state index is 12.5. The smallest absolute Gasteiger partial charge is 0.326 e. The van der Waals surface area contributed by atoms with Crippen molar-refractivity contribution in [1.82, 2.24) is 15.1 Å². The van der Waals surface area contributed by atoms with Crippen molar-refractivity contribution >= 4 is 40.8 Å². The molecular weight excluding hydrogens is 386 g/mol. The van der Waals surface area contributed by atoms with Gasteiger partial charge in [-0.1, -0.05) is 23.7 Å². The molecule has 4 amide bonds. The first-order valence-electron chi connectivity index (χ1n) is 8.58. The number of nitrogens with one attached hydrogen (secondary N) is 1. The highest BCUT2D eigenvalue weighted by Crippen LogP contribution is 2.25. The quantitative estimate of drug-likeness (QED) is 0.718. The van der Waals surface area contributed by atoms with Crippen LogP contribution in [0, 0.1) is 0 Å². The zero-order valence-corrected chi connectivity index (χ0v) is 16.4. The molecule has 142 valence electrons. The topological polar surface area (TPSA) is 69.7 Å². The minimum absolute atomic E-state index is 0.0990. The van der Waals surface area contributed by atoms with Crippen molar-refractivity contribution in [3.05, 3.63) is 57.2 Å². The van der Waals surface area contributed by atoms with Gasteiger partial charge in [-0.15, -0.1) is 0 Å². The van der Waals surface area contributed by atoms with Crippen molar-refractivity contribution in [2.24, 2.45) is 0 Å². The van der Waals surface area contributed by atoms with E-state index in [1.54, 1.807) is 30.5 Å². The van der Waals surface area contributed by atoms with Crippen molar-refractivity contribution in [3.8, 4) is 0 Å². The third-order valence-corrected chi connectivity index (χ3v) is 5.36. The van der Waals surface area contributed by atoms with Crippen LogP contribution < -0.4 is 5.32 Å². The first-order chi connectivity index (χ1) is 13.0. The van der Waals surface area contributed by atoms with E-state index >= 15 is 0 Å². The lowest BCUT2D eigenvalue weighted by Gasteiger charge is -2.19. The van der Waals surface area contributed by atoms with Crippen LogP contribution in [0.1, 0.15) is 30.0 Å². The van der Waals surface area contributed by atoms with E-state index < -0.39 is 0 Å². The standard InChI is InChI=1S/C19H20ClN3O3S/c1-22-11-17(25)23(19(22)26)9-2-3-16(24)21-18(14-8-10-27-12-14)13-4-6-15(20)7-5-13/h4-8,10,12,18H,2-3,9,11H2,1H3,(H,21,24). The van der Waals surface area contributed by atoms with Gasteiger partial charge in [-0.2, -0.15) is 11.3 Å². The van der Waals surface area contributed by atoms with E-state index in [0.29, 0.717) is 11.4 Å². The van der Waals surface area contributed by atoms with Crippen molar-refractivity contribution in [3.63, 3.8) is 0 Å². The molecule has 2 aromatic rings. The van der Waals surface area contributed by atoms with E-state index in [-0.39, 0.29) is 43.4 Å². The summed E-state index contributed by atoms with van der Waals surface area (Å²) in [5.74, 6) is -0.353. The fraction of sp³-hybridized carbons (Fsp3) is 0.316. The van der Waals surface area contributed by atoms with Gasteiger partial charge >= 0.3 is 6.03 Å². The van der Waals surface area contributed by atoms with Crippen LogP contribution >= 0.6 is 22.9 Å². The summed E-state index contributed by atoms with van der Waals surface area (Å²) in [6.45, 7) is 0.349. The third-order valence-electron chi connectivity index (χ3n) is 4.40. The fourth-order valence-corrected chi connectivity index (χ4v) is 3.79. The van der Waals surface area contributed by atoms with E-state index in [0.717, 1.165) is 11.1 Å². The van der Waals surface area contributed by atoms with E-state index in [4.69, 9.17) is 11.6 Å². The number of amides is 4. The van der Waals surface area contributed by atoms with Crippen molar-refractivity contribution in [1.29, 1.82) is 0 Å². The fourth-order valence-electron chi connectivity index (χ4n) is 2.97. The summed E-state index contributed by atoms with van der Waals surface area (Å²) in [5, 5.41) is 7.64. The summed E-state index contributed by atoms with van der Waals surface area (Å²) >= 11 is 7.53. The molecule has 1 aromatic heterocycles. The second-order valence-electron chi connectivity index (χ2n) is 6.40. The van der Waals surface area contributed by atoms with Gasteiger partial charge in [-0.3, -0.25) is 14.5 Å². The van der Waals surface area contributed by atoms with Gasteiger partial charge in [-0.25, -0.2) is 4.79 Å². The molecule has 8 heteroatoms. The highest BCUT2D eigenvalue weighted by atomic mass is 35.5. The van der Waals surface area contributed by atoms with Crippen molar-refractivity contribution in [2.75, 3.05) is 20.1 Å². The number of urea groups is 1. The molecule has 2 heterocycles. The van der Waals surface area contributed by atoms with Crippen LogP contribution in [0.5, 0.6) is 0 Å². The van der Waals surface area contributed by atoms with Crippen molar-refractivity contribution in [2.45, 2.75) is 18.9 Å². The number of imide groups is 1. The Morgan fingerprint density at radius 3 is 2.56 bits per heavy atom. The molecule has 0 aliphatic carbocycles. The minimum Gasteiger partial charge on any atom is -0.345 e. The molecule has 1 aromatic carbocycles. The predicted molar refractivity (Wildman–Crippen MR) is 105 cm³/mol. The van der Waals surface area contributed by atoms with Gasteiger partial charge in [0.25, 0.3) is 0 Å². The highest BCUT2D eigenvalue weighted by molar-refractivity contribution is 7.08. The van der Waals surface area contributed by atoms with Crippen LogP contribution in [-0.4, -0.2) is 47.8 Å². The number of halogens is 1. The van der Waals surface area contributed by atoms with Gasteiger partial charge < -0.3 is 10.2 Å². The Morgan fingerprint density at radius 1 is 1.22 bits per heavy atom. The molecule has 0 spiro atoms. The Labute approximate surface area is 166 Å². The summed E-state index contributed by atoms with van der Waals surface area (Å²) in [6.07, 6.45) is 0.656. The first kappa shape index (κ1) is 19.4. The van der Waals surface area contributed by atoms with Gasteiger partial charge in [0, 0.05) is 25.0 Å². The van der Waals surface area contributed by atoms with Gasteiger partial charge in [0.1, 0.15) is 6.54 Å². The molecule has 27 heavy (non-hydrogen) atoms. The summed E-state index contributed by atoms with van der Waals surface area (Å²) < 4.78 is 0. The Balaban J connectivity index is 1.59. The molecule has 1 fully saturated rings. The van der Waals surface area contributed by atoms with E-state index in [1.807, 2.05) is 29.0 Å². The van der Waals surface area contributed by atoms with Crippen LogP contribution in [0.2, 0.25) is 5.02 Å². The second-order valence-corrected chi connectivity index (χ2v) is 7.61. The van der Waals surface area contributed by atoms with Crippen LogP contribution in [-0.2, 0) is 9.59 Å². The third kappa shape index (κ3) is 4.67. The van der Waals surface area contributed by atoms with E-state index in [2.05, 4.69) is 5.32 Å². The summed E-state index contributed by atoms with van der Waals surface area (Å²) in [5.41, 5.74) is 1.94. The maximum Gasteiger partial charge on any atom is 0.326 e. The van der Waals surface area contributed by atoms with Crippen LogP contribution in [0.15, 0.2) is 41.1 Å². The number of benzene rings is 1. The molecular formula is C19H20ClN3O3S. The lowest BCUT2D eigenvalue weighted by atomic mass is 10.0. The van der Waals surface area contributed by atoms with Gasteiger partial charge in [-0.05, 0) is 46.5 Å². The molecule has 1 atom stereocenters. The molecule has 1 aliphatic heterocycles. The maximum atomic E-state index is 12.5. The summed E-state index contributed by atoms with van der Waals surface area (Å²) in [6, 6.07) is 8.78. The van der Waals surface area contributed by atoms with Crippen molar-refractivity contribution < 1.29 is 14.4 Å². The minimum atomic E-state index is -0.308. The summed E-state index contributed by atoms with van der Waals surface area (Å²) in [4.78, 5) is 38.7. The molecule has 3 rings (SSSR count). The van der Waals surface area contributed by atoms with E-state index in [9.17, 15) is 14.4 Å². The summed E-state index contributed by atoms with van der Waals surface area (Å²) in [7, 11) is 1.59. The van der Waals surface area contributed by atoms with Crippen LogP contribution in [0.25, 0.3) is 0 Å². The predicted octanol–water partition coefficient (Wildman–Crippen LogP) is 3.28. The van der Waals surface area contributed by atoms with Gasteiger partial charge in [0.05, 0.1) is 6.04 Å². The molecule has 0 radical (unpaired) electrons. The number of carbonyl (C=O) groups is 3. The van der Waals surface area contributed by atoms with Gasteiger partial charge in [0.2, 0.25) is 11.8 Å². The normalized spacial score (nSPS) is 15.3. The largest absolute Gasteiger partial charge is 0.345 e. The van der Waals surface area contributed by atoms with Gasteiger partial charge in [0.15, 0.2) is 0 Å². The Hall–Kier alpha value is -2.38. The number of thiophene rings is 1. The lowest BCUT2D eigenvalue weighted by molar-refractivity contribution is -0.126. The van der Waals surface area contributed by atoms with E-state index in [1.165, 1.54) is 9.80 Å². The number of hydrogen-bond donors (Lipinski definition) is 1. The Bertz CT molecular complexity index is 823. The van der Waals surface area contributed by atoms with Crippen LogP contribution in [0.4, 0.5) is 4.79 Å². The molecule has 1 aliphatic rings. The highest BCUT2D eigenvalue weighted by Gasteiger charge is 2.32. The van der Waals surface area contributed by atoms with Crippen LogP contribution in [0.3, 0.4) is 0 Å². The molecule has 1 saturated heterocycles. The second kappa shape index (κ2) is 8.54. The zero-order chi connectivity index (χ0) is 19.4. The SMILES string of the molecule is CN1CC(=O)N(CCCC(=O)NC(c2ccc(Cl)cc2)c2ccsc2)C1=O. The number of rotatable bonds is 7. The molecule has 6 nitrogen and oxygen atoms in total. The number of carbonyl (C=O) groups excluding carboxylic acids is 3. The first-order valence-corrected chi connectivity index (χ1v) is 9.90. The zero-order valence-electron chi connectivity index (χ0n) is 14.9. The Morgan fingerprint density at radius 2 is 1.96 bits per heavy atom.